The summed E-state index contributed by atoms with van der Waals surface area (Å²) in [5.41, 5.74) is 8.33. The lowest BCUT2D eigenvalue weighted by Crippen LogP contribution is -2.57. The molecular weight excluding hydrogens is 357 g/mol. The summed E-state index contributed by atoms with van der Waals surface area (Å²) < 4.78 is 0. The molecule has 2 rings (SSSR count). The molecule has 144 valence electrons. The van der Waals surface area contributed by atoms with Crippen LogP contribution in [-0.4, -0.2) is 35.5 Å². The molecule has 0 fully saturated rings. The molecule has 25 heavy (non-hydrogen) atoms. The van der Waals surface area contributed by atoms with Crippen LogP contribution >= 0.6 is 24.8 Å². The van der Waals surface area contributed by atoms with E-state index in [1.165, 1.54) is 11.1 Å². The number of amides is 1. The second kappa shape index (κ2) is 10.4. The molecule has 2 unspecified atom stereocenters. The average molecular weight is 390 g/mol. The third-order valence-corrected chi connectivity index (χ3v) is 4.82. The lowest BCUT2D eigenvalue weighted by Gasteiger charge is -2.37. The molecule has 6 heteroatoms. The zero-order valence-corrected chi connectivity index (χ0v) is 17.4. The van der Waals surface area contributed by atoms with E-state index in [1.54, 1.807) is 0 Å². The fourth-order valence-corrected chi connectivity index (χ4v) is 3.50. The number of benzene rings is 1. The fourth-order valence-electron chi connectivity index (χ4n) is 3.50. The maximum absolute atomic E-state index is 12.7. The van der Waals surface area contributed by atoms with Crippen molar-refractivity contribution in [3.63, 3.8) is 0 Å². The lowest BCUT2D eigenvalue weighted by molar-refractivity contribution is -0.128. The van der Waals surface area contributed by atoms with E-state index in [1.807, 2.05) is 13.8 Å². The summed E-state index contributed by atoms with van der Waals surface area (Å²) >= 11 is 0. The van der Waals surface area contributed by atoms with Gasteiger partial charge < -0.3 is 11.1 Å². The first-order valence-electron chi connectivity index (χ1n) is 8.67. The van der Waals surface area contributed by atoms with Crippen LogP contribution in [0.25, 0.3) is 0 Å². The Bertz CT molecular complexity index is 553. The van der Waals surface area contributed by atoms with E-state index in [2.05, 4.69) is 48.3 Å². The summed E-state index contributed by atoms with van der Waals surface area (Å²) in [6.45, 7) is 10.6. The molecular formula is C19H33Cl2N3O. The normalized spacial score (nSPS) is 17.5. The summed E-state index contributed by atoms with van der Waals surface area (Å²) in [5, 5.41) is 3.19. The Morgan fingerprint density at radius 3 is 2.40 bits per heavy atom. The molecule has 1 aromatic rings. The highest BCUT2D eigenvalue weighted by Crippen LogP contribution is 2.21. The molecule has 0 saturated carbocycles. The van der Waals surface area contributed by atoms with E-state index < -0.39 is 0 Å². The number of hydrogen-bond donors (Lipinski definition) is 2. The molecule has 0 radical (unpaired) electrons. The SMILES string of the molecule is CC(C)CC(C)(CN)NC(=O)C(C)N1CCc2ccccc2C1.Cl.Cl. The summed E-state index contributed by atoms with van der Waals surface area (Å²) in [6, 6.07) is 8.37. The van der Waals surface area contributed by atoms with Gasteiger partial charge in [-0.3, -0.25) is 9.69 Å². The quantitative estimate of drug-likeness (QED) is 0.785. The van der Waals surface area contributed by atoms with Crippen LogP contribution in [0.3, 0.4) is 0 Å². The molecule has 1 heterocycles. The summed E-state index contributed by atoms with van der Waals surface area (Å²) in [6.07, 6.45) is 1.90. The van der Waals surface area contributed by atoms with Gasteiger partial charge >= 0.3 is 0 Å². The number of carbonyl (C=O) groups is 1. The standard InChI is InChI=1S/C19H31N3O.2ClH/c1-14(2)11-19(4,13-20)21-18(23)15(3)22-10-9-16-7-5-6-8-17(16)12-22;;/h5-8,14-15H,9-13,20H2,1-4H3,(H,21,23);2*1H. The van der Waals surface area contributed by atoms with Gasteiger partial charge in [0, 0.05) is 25.2 Å². The number of fused-ring (bicyclic) bond motifs is 1. The number of nitrogens with two attached hydrogens (primary N) is 1. The third-order valence-electron chi connectivity index (χ3n) is 4.82. The van der Waals surface area contributed by atoms with E-state index in [9.17, 15) is 4.79 Å². The Morgan fingerprint density at radius 1 is 1.24 bits per heavy atom. The van der Waals surface area contributed by atoms with Crippen molar-refractivity contribution in [3.05, 3.63) is 35.4 Å². The molecule has 0 aliphatic carbocycles. The van der Waals surface area contributed by atoms with Crippen molar-refractivity contribution in [2.24, 2.45) is 11.7 Å². The van der Waals surface area contributed by atoms with E-state index in [0.717, 1.165) is 25.9 Å². The molecule has 0 saturated heterocycles. The summed E-state index contributed by atoms with van der Waals surface area (Å²) in [5.74, 6) is 0.582. The fraction of sp³-hybridized carbons (Fsp3) is 0.632. The Morgan fingerprint density at radius 2 is 1.84 bits per heavy atom. The Kier molecular flexibility index (Phi) is 10.0. The molecule has 0 aromatic heterocycles. The highest BCUT2D eigenvalue weighted by molar-refractivity contribution is 5.85. The first-order chi connectivity index (χ1) is 10.8. The van der Waals surface area contributed by atoms with Crippen molar-refractivity contribution in [1.29, 1.82) is 0 Å². The molecule has 1 amide bonds. The molecule has 1 aromatic carbocycles. The highest BCUT2D eigenvalue weighted by Gasteiger charge is 2.31. The van der Waals surface area contributed by atoms with Gasteiger partial charge in [-0.2, -0.15) is 0 Å². The zero-order valence-electron chi connectivity index (χ0n) is 15.7. The van der Waals surface area contributed by atoms with Gasteiger partial charge in [0.05, 0.1) is 6.04 Å². The number of halogens is 2. The maximum Gasteiger partial charge on any atom is 0.237 e. The van der Waals surface area contributed by atoms with Gasteiger partial charge in [-0.1, -0.05) is 38.1 Å². The first-order valence-corrected chi connectivity index (χ1v) is 8.67. The van der Waals surface area contributed by atoms with Crippen LogP contribution in [0, 0.1) is 5.92 Å². The molecule has 0 spiro atoms. The van der Waals surface area contributed by atoms with Crippen LogP contribution in [0.5, 0.6) is 0 Å². The lowest BCUT2D eigenvalue weighted by atomic mass is 9.90. The maximum atomic E-state index is 12.7. The number of nitrogens with one attached hydrogen (secondary N) is 1. The predicted octanol–water partition coefficient (Wildman–Crippen LogP) is 3.16. The number of carbonyl (C=O) groups excluding carboxylic acids is 1. The van der Waals surface area contributed by atoms with Crippen molar-refractivity contribution in [3.8, 4) is 0 Å². The molecule has 4 nitrogen and oxygen atoms in total. The average Bonchev–Trinajstić information content (AvgIpc) is 2.52. The van der Waals surface area contributed by atoms with Gasteiger partial charge in [-0.15, -0.1) is 24.8 Å². The van der Waals surface area contributed by atoms with Crippen molar-refractivity contribution in [2.75, 3.05) is 13.1 Å². The van der Waals surface area contributed by atoms with Gasteiger partial charge in [0.2, 0.25) is 5.91 Å². The number of rotatable bonds is 6. The van der Waals surface area contributed by atoms with Gasteiger partial charge in [0.25, 0.3) is 0 Å². The van der Waals surface area contributed by atoms with Crippen molar-refractivity contribution in [1.82, 2.24) is 10.2 Å². The number of hydrogen-bond acceptors (Lipinski definition) is 3. The highest BCUT2D eigenvalue weighted by atomic mass is 35.5. The van der Waals surface area contributed by atoms with Crippen molar-refractivity contribution >= 4 is 30.7 Å². The molecule has 3 N–H and O–H groups in total. The summed E-state index contributed by atoms with van der Waals surface area (Å²) in [4.78, 5) is 15.0. The van der Waals surface area contributed by atoms with Crippen LogP contribution in [0.2, 0.25) is 0 Å². The summed E-state index contributed by atoms with van der Waals surface area (Å²) in [7, 11) is 0. The van der Waals surface area contributed by atoms with E-state index in [-0.39, 0.29) is 42.3 Å². The first kappa shape index (κ1) is 24.2. The molecule has 1 aliphatic heterocycles. The van der Waals surface area contributed by atoms with Crippen LogP contribution in [-0.2, 0) is 17.8 Å². The topological polar surface area (TPSA) is 58.4 Å². The minimum Gasteiger partial charge on any atom is -0.348 e. The molecule has 2 atom stereocenters. The van der Waals surface area contributed by atoms with E-state index in [0.29, 0.717) is 12.5 Å². The second-order valence-corrected chi connectivity index (χ2v) is 7.52. The third kappa shape index (κ3) is 6.45. The van der Waals surface area contributed by atoms with Gasteiger partial charge in [-0.25, -0.2) is 0 Å². The van der Waals surface area contributed by atoms with Crippen molar-refractivity contribution < 1.29 is 4.79 Å². The monoisotopic (exact) mass is 389 g/mol. The van der Waals surface area contributed by atoms with Gasteiger partial charge in [0.15, 0.2) is 0 Å². The van der Waals surface area contributed by atoms with E-state index >= 15 is 0 Å². The van der Waals surface area contributed by atoms with E-state index in [4.69, 9.17) is 5.73 Å². The largest absolute Gasteiger partial charge is 0.348 e. The van der Waals surface area contributed by atoms with Crippen LogP contribution < -0.4 is 11.1 Å². The Labute approximate surface area is 164 Å². The minimum absolute atomic E-state index is 0. The predicted molar refractivity (Wildman–Crippen MR) is 110 cm³/mol. The molecule has 0 bridgehead atoms. The van der Waals surface area contributed by atoms with Crippen molar-refractivity contribution in [2.45, 2.75) is 58.7 Å². The second-order valence-electron chi connectivity index (χ2n) is 7.52. The van der Waals surface area contributed by atoms with Crippen LogP contribution in [0.15, 0.2) is 24.3 Å². The zero-order chi connectivity index (χ0) is 17.0. The minimum atomic E-state index is -0.326. The number of nitrogens with zero attached hydrogens (tertiary/aromatic N) is 1. The smallest absolute Gasteiger partial charge is 0.237 e. The van der Waals surface area contributed by atoms with Gasteiger partial charge in [-0.05, 0) is 43.7 Å². The van der Waals surface area contributed by atoms with Crippen LogP contribution in [0.1, 0.15) is 45.2 Å². The molecule has 1 aliphatic rings. The van der Waals surface area contributed by atoms with Gasteiger partial charge in [0.1, 0.15) is 0 Å². The Hall–Kier alpha value is -0.810. The van der Waals surface area contributed by atoms with Crippen LogP contribution in [0.4, 0.5) is 0 Å². The Balaban J connectivity index is 0.00000288.